The summed E-state index contributed by atoms with van der Waals surface area (Å²) in [4.78, 5) is 6.56. The van der Waals surface area contributed by atoms with E-state index in [-0.39, 0.29) is 11.2 Å². The second-order valence-electron chi connectivity index (χ2n) is 5.26. The third-order valence-electron chi connectivity index (χ3n) is 3.80. The van der Waals surface area contributed by atoms with Crippen molar-refractivity contribution in [3.05, 3.63) is 59.9 Å². The van der Waals surface area contributed by atoms with Crippen LogP contribution >= 0.6 is 11.8 Å². The maximum absolute atomic E-state index is 13.9. The van der Waals surface area contributed by atoms with Crippen molar-refractivity contribution in [3.63, 3.8) is 0 Å². The Hall–Kier alpha value is -2.01. The van der Waals surface area contributed by atoms with Crippen molar-refractivity contribution in [2.75, 3.05) is 12.3 Å². The van der Waals surface area contributed by atoms with Crippen molar-refractivity contribution in [3.8, 4) is 5.75 Å². The van der Waals surface area contributed by atoms with E-state index in [1.54, 1.807) is 18.2 Å². The molecule has 0 unspecified atom stereocenters. The maximum Gasteiger partial charge on any atom is 0.299 e. The molecular formula is C17H15FN2OS. The van der Waals surface area contributed by atoms with E-state index in [0.29, 0.717) is 11.7 Å². The van der Waals surface area contributed by atoms with E-state index in [4.69, 9.17) is 4.74 Å². The van der Waals surface area contributed by atoms with Gasteiger partial charge in [-0.1, -0.05) is 30.3 Å². The van der Waals surface area contributed by atoms with E-state index in [1.165, 1.54) is 11.6 Å². The largest absolute Gasteiger partial charge is 0.425 e. The molecule has 2 aromatic carbocycles. The first-order chi connectivity index (χ1) is 10.8. The highest BCUT2D eigenvalue weighted by Gasteiger charge is 2.35. The Bertz CT molecular complexity index is 734. The Balaban J connectivity index is 1.79. The van der Waals surface area contributed by atoms with Gasteiger partial charge in [0.25, 0.3) is 6.02 Å². The Morgan fingerprint density at radius 3 is 2.86 bits per heavy atom. The topological polar surface area (TPSA) is 24.8 Å². The number of amidine groups is 1. The summed E-state index contributed by atoms with van der Waals surface area (Å²) in [5, 5.41) is 0.198. The van der Waals surface area contributed by atoms with E-state index >= 15 is 0 Å². The van der Waals surface area contributed by atoms with Crippen LogP contribution in [0.25, 0.3) is 0 Å². The fourth-order valence-electron chi connectivity index (χ4n) is 2.76. The summed E-state index contributed by atoms with van der Waals surface area (Å²) in [5.41, 5.74) is 1.48. The fraction of sp³-hybridized carbons (Fsp3) is 0.235. The number of hydrogen-bond donors (Lipinski definition) is 0. The molecule has 22 heavy (non-hydrogen) atoms. The zero-order valence-corrected chi connectivity index (χ0v) is 12.7. The minimum atomic E-state index is -0.335. The summed E-state index contributed by atoms with van der Waals surface area (Å²) in [6.45, 7) is 0.874. The number of thioether (sulfide) groups is 1. The second kappa shape index (κ2) is 5.65. The molecule has 3 nitrogen and oxygen atoms in total. The van der Waals surface area contributed by atoms with Crippen LogP contribution in [0.4, 0.5) is 10.1 Å². The number of halogens is 1. The highest BCUT2D eigenvalue weighted by atomic mass is 32.2. The van der Waals surface area contributed by atoms with Crippen LogP contribution in [0.5, 0.6) is 5.75 Å². The molecule has 0 radical (unpaired) electrons. The van der Waals surface area contributed by atoms with Gasteiger partial charge in [0.2, 0.25) is 0 Å². The smallest absolute Gasteiger partial charge is 0.299 e. The van der Waals surface area contributed by atoms with Gasteiger partial charge in [0, 0.05) is 12.1 Å². The lowest BCUT2D eigenvalue weighted by Gasteiger charge is -2.40. The minimum Gasteiger partial charge on any atom is -0.425 e. The Kier molecular flexibility index (Phi) is 3.50. The molecule has 2 aliphatic heterocycles. The van der Waals surface area contributed by atoms with E-state index < -0.39 is 0 Å². The summed E-state index contributed by atoms with van der Waals surface area (Å²) in [6, 6.07) is 15.0. The molecule has 5 heteroatoms. The first-order valence-electron chi connectivity index (χ1n) is 7.31. The molecule has 0 N–H and O–H groups in total. The van der Waals surface area contributed by atoms with Gasteiger partial charge < -0.3 is 9.64 Å². The minimum absolute atomic E-state index is 0.198. The monoisotopic (exact) mass is 314 g/mol. The number of hydrogen-bond acceptors (Lipinski definition) is 3. The molecule has 0 spiro atoms. The number of rotatable bonds is 1. The fourth-order valence-corrected chi connectivity index (χ4v) is 4.03. The molecule has 1 atom stereocenters. The summed E-state index contributed by atoms with van der Waals surface area (Å²) in [6.07, 6.45) is 1.07. The van der Waals surface area contributed by atoms with Gasteiger partial charge in [-0.2, -0.15) is 4.99 Å². The first-order valence-corrected chi connectivity index (χ1v) is 8.36. The highest BCUT2D eigenvalue weighted by molar-refractivity contribution is 7.99. The van der Waals surface area contributed by atoms with Crippen LogP contribution < -0.4 is 4.74 Å². The van der Waals surface area contributed by atoms with Gasteiger partial charge in [-0.25, -0.2) is 4.39 Å². The molecule has 0 aromatic heterocycles. The van der Waals surface area contributed by atoms with Crippen molar-refractivity contribution in [2.24, 2.45) is 4.99 Å². The van der Waals surface area contributed by atoms with Crippen molar-refractivity contribution >= 4 is 23.5 Å². The summed E-state index contributed by atoms with van der Waals surface area (Å²) in [7, 11) is 0. The molecule has 112 valence electrons. The van der Waals surface area contributed by atoms with Gasteiger partial charge in [0.1, 0.15) is 22.6 Å². The summed E-state index contributed by atoms with van der Waals surface area (Å²) >= 11 is 1.88. The Morgan fingerprint density at radius 2 is 1.95 bits per heavy atom. The van der Waals surface area contributed by atoms with E-state index in [1.807, 2.05) is 30.0 Å². The third-order valence-corrected chi connectivity index (χ3v) is 5.15. The van der Waals surface area contributed by atoms with Crippen LogP contribution in [0.1, 0.15) is 17.4 Å². The van der Waals surface area contributed by atoms with Crippen LogP contribution in [-0.2, 0) is 0 Å². The molecule has 0 bridgehead atoms. The number of aliphatic imine (C=N–C) groups is 1. The zero-order valence-electron chi connectivity index (χ0n) is 11.9. The zero-order chi connectivity index (χ0) is 14.9. The van der Waals surface area contributed by atoms with E-state index in [9.17, 15) is 4.39 Å². The normalized spacial score (nSPS) is 22.0. The van der Waals surface area contributed by atoms with Crippen LogP contribution in [-0.4, -0.2) is 23.2 Å². The van der Waals surface area contributed by atoms with Gasteiger partial charge in [-0.05, 0) is 30.4 Å². The summed E-state index contributed by atoms with van der Waals surface area (Å²) < 4.78 is 19.8. The quantitative estimate of drug-likeness (QED) is 0.782. The van der Waals surface area contributed by atoms with Crippen LogP contribution in [0.3, 0.4) is 0 Å². The van der Waals surface area contributed by atoms with Crippen molar-refractivity contribution < 1.29 is 9.13 Å². The average molecular weight is 314 g/mol. The van der Waals surface area contributed by atoms with E-state index in [2.05, 4.69) is 16.0 Å². The molecule has 4 rings (SSSR count). The molecular weight excluding hydrogens is 299 g/mol. The lowest BCUT2D eigenvalue weighted by Crippen LogP contribution is -2.43. The standard InChI is InChI=1S/C17H15FN2OS/c18-13-7-2-3-8-14(13)19-17-20-10-5-11-22-16(20)12-6-1-4-9-15(12)21-17/h1-4,6-9,16H,5,10-11H2/t16-/m1/s1. The average Bonchev–Trinajstić information content (AvgIpc) is 2.57. The number of benzene rings is 2. The van der Waals surface area contributed by atoms with Gasteiger partial charge in [-0.15, -0.1) is 11.8 Å². The molecule has 2 heterocycles. The van der Waals surface area contributed by atoms with Gasteiger partial charge in [0.05, 0.1) is 0 Å². The van der Waals surface area contributed by atoms with Gasteiger partial charge in [0.15, 0.2) is 0 Å². The molecule has 2 aliphatic rings. The number of para-hydroxylation sites is 2. The van der Waals surface area contributed by atoms with Crippen LogP contribution in [0, 0.1) is 5.82 Å². The van der Waals surface area contributed by atoms with Crippen molar-refractivity contribution in [1.82, 2.24) is 4.90 Å². The lowest BCUT2D eigenvalue weighted by molar-refractivity contribution is 0.289. The van der Waals surface area contributed by atoms with Gasteiger partial charge >= 0.3 is 0 Å². The Morgan fingerprint density at radius 1 is 1.14 bits per heavy atom. The molecule has 0 saturated carbocycles. The lowest BCUT2D eigenvalue weighted by atomic mass is 10.1. The van der Waals surface area contributed by atoms with Crippen molar-refractivity contribution in [2.45, 2.75) is 11.8 Å². The summed E-state index contributed by atoms with van der Waals surface area (Å²) in [5.74, 6) is 1.59. The maximum atomic E-state index is 13.9. The van der Waals surface area contributed by atoms with Crippen LogP contribution in [0.15, 0.2) is 53.5 Å². The number of ether oxygens (including phenoxy) is 1. The Labute approximate surface area is 132 Å². The van der Waals surface area contributed by atoms with Gasteiger partial charge in [-0.3, -0.25) is 0 Å². The first kappa shape index (κ1) is 13.6. The number of fused-ring (bicyclic) bond motifs is 3. The highest BCUT2D eigenvalue weighted by Crippen LogP contribution is 2.44. The van der Waals surface area contributed by atoms with E-state index in [0.717, 1.165) is 24.5 Å². The molecule has 1 fully saturated rings. The number of nitrogens with zero attached hydrogens (tertiary/aromatic N) is 2. The molecule has 1 saturated heterocycles. The molecule has 2 aromatic rings. The van der Waals surface area contributed by atoms with Crippen LogP contribution in [0.2, 0.25) is 0 Å². The second-order valence-corrected chi connectivity index (χ2v) is 6.44. The molecule has 0 aliphatic carbocycles. The SMILES string of the molecule is Fc1ccccc1N=C1Oc2ccccc2[C@H]2SCCCN12. The predicted molar refractivity (Wildman–Crippen MR) is 87.1 cm³/mol. The third kappa shape index (κ3) is 2.35. The molecule has 0 amide bonds. The predicted octanol–water partition coefficient (Wildman–Crippen LogP) is 4.34. The van der Waals surface area contributed by atoms with Crippen molar-refractivity contribution in [1.29, 1.82) is 0 Å².